The van der Waals surface area contributed by atoms with Crippen LogP contribution in [-0.4, -0.2) is 15.3 Å². The van der Waals surface area contributed by atoms with Gasteiger partial charge >= 0.3 is 0 Å². The van der Waals surface area contributed by atoms with Crippen LogP contribution in [0, 0.1) is 5.92 Å². The zero-order valence-electron chi connectivity index (χ0n) is 12.9. The molecule has 19 heavy (non-hydrogen) atoms. The number of rotatable bonds is 4. The van der Waals surface area contributed by atoms with Crippen LogP contribution in [0.15, 0.2) is 12.3 Å². The monoisotopic (exact) mass is 263 g/mol. The summed E-state index contributed by atoms with van der Waals surface area (Å²) in [7, 11) is 0. The molecule has 0 aliphatic heterocycles. The van der Waals surface area contributed by atoms with Gasteiger partial charge in [0.15, 0.2) is 0 Å². The van der Waals surface area contributed by atoms with Gasteiger partial charge in [-0.2, -0.15) is 5.10 Å². The highest BCUT2D eigenvalue weighted by molar-refractivity contribution is 5.00. The van der Waals surface area contributed by atoms with Crippen molar-refractivity contribution >= 4 is 0 Å². The van der Waals surface area contributed by atoms with E-state index in [2.05, 4.69) is 50.0 Å². The zero-order chi connectivity index (χ0) is 13.9. The molecule has 1 heterocycles. The maximum Gasteiger partial charge on any atom is 0.0762 e. The Morgan fingerprint density at radius 3 is 2.53 bits per heavy atom. The van der Waals surface area contributed by atoms with Crippen molar-refractivity contribution in [3.05, 3.63) is 18.0 Å². The Labute approximate surface area is 117 Å². The van der Waals surface area contributed by atoms with Gasteiger partial charge < -0.3 is 5.32 Å². The van der Waals surface area contributed by atoms with E-state index in [4.69, 9.17) is 5.10 Å². The maximum atomic E-state index is 4.74. The van der Waals surface area contributed by atoms with Gasteiger partial charge in [-0.15, -0.1) is 0 Å². The molecule has 108 valence electrons. The molecule has 1 N–H and O–H groups in total. The first kappa shape index (κ1) is 14.6. The van der Waals surface area contributed by atoms with Crippen molar-refractivity contribution < 1.29 is 0 Å². The van der Waals surface area contributed by atoms with Crippen LogP contribution in [0.4, 0.5) is 0 Å². The third-order valence-corrected chi connectivity index (χ3v) is 4.23. The van der Waals surface area contributed by atoms with E-state index in [-0.39, 0.29) is 5.54 Å². The van der Waals surface area contributed by atoms with Crippen LogP contribution in [0.25, 0.3) is 0 Å². The Bertz CT molecular complexity index is 381. The summed E-state index contributed by atoms with van der Waals surface area (Å²) in [6, 6.07) is 2.79. The lowest BCUT2D eigenvalue weighted by molar-refractivity contribution is 0.255. The fraction of sp³-hybridized carbons (Fsp3) is 0.812. The third-order valence-electron chi connectivity index (χ3n) is 4.23. The summed E-state index contributed by atoms with van der Waals surface area (Å²) in [5.41, 5.74) is 1.32. The molecule has 1 aromatic rings. The Morgan fingerprint density at radius 2 is 1.95 bits per heavy atom. The fourth-order valence-corrected chi connectivity index (χ4v) is 2.85. The van der Waals surface area contributed by atoms with Gasteiger partial charge in [-0.3, -0.25) is 4.68 Å². The van der Waals surface area contributed by atoms with E-state index >= 15 is 0 Å². The average Bonchev–Trinajstić information content (AvgIpc) is 2.84. The van der Waals surface area contributed by atoms with Gasteiger partial charge in [-0.1, -0.05) is 13.3 Å². The Hall–Kier alpha value is -0.830. The van der Waals surface area contributed by atoms with Gasteiger partial charge in [0, 0.05) is 18.3 Å². The number of hydrogen-bond acceptors (Lipinski definition) is 2. The van der Waals surface area contributed by atoms with Crippen molar-refractivity contribution in [2.45, 2.75) is 77.9 Å². The molecule has 1 aliphatic rings. The summed E-state index contributed by atoms with van der Waals surface area (Å²) in [5.74, 6) is 0.953. The molecule has 2 rings (SSSR count). The molecule has 1 fully saturated rings. The number of hydrogen-bond donors (Lipinski definition) is 1. The number of nitrogens with one attached hydrogen (secondary N) is 1. The standard InChI is InChI=1S/C16H29N3/c1-5-13-6-8-15(9-7-13)19-11-10-14(18-19)12-17-16(2,3)4/h10-11,13,15,17H,5-9,12H2,1-4H3. The molecule has 1 aliphatic carbocycles. The van der Waals surface area contributed by atoms with Gasteiger partial charge in [0.05, 0.1) is 11.7 Å². The second kappa shape index (κ2) is 6.08. The summed E-state index contributed by atoms with van der Waals surface area (Å²) in [5, 5.41) is 8.24. The molecule has 0 aromatic carbocycles. The van der Waals surface area contributed by atoms with Crippen molar-refractivity contribution in [2.24, 2.45) is 5.92 Å². The summed E-state index contributed by atoms with van der Waals surface area (Å²) < 4.78 is 2.20. The average molecular weight is 263 g/mol. The first-order chi connectivity index (χ1) is 8.98. The molecule has 0 spiro atoms. The predicted molar refractivity (Wildman–Crippen MR) is 80.1 cm³/mol. The van der Waals surface area contributed by atoms with Gasteiger partial charge in [-0.25, -0.2) is 0 Å². The molecule has 0 saturated heterocycles. The Kier molecular flexibility index (Phi) is 4.67. The molecule has 0 unspecified atom stereocenters. The van der Waals surface area contributed by atoms with Gasteiger partial charge in [0.2, 0.25) is 0 Å². The normalized spacial score (nSPS) is 24.6. The predicted octanol–water partition coefficient (Wildman–Crippen LogP) is 3.91. The highest BCUT2D eigenvalue weighted by Crippen LogP contribution is 2.33. The molecule has 1 saturated carbocycles. The molecule has 0 amide bonds. The first-order valence-corrected chi connectivity index (χ1v) is 7.77. The minimum Gasteiger partial charge on any atom is -0.306 e. The molecule has 0 bridgehead atoms. The van der Waals surface area contributed by atoms with E-state index in [1.165, 1.54) is 32.1 Å². The summed E-state index contributed by atoms with van der Waals surface area (Å²) in [4.78, 5) is 0. The van der Waals surface area contributed by atoms with Crippen molar-refractivity contribution in [2.75, 3.05) is 0 Å². The van der Waals surface area contributed by atoms with Crippen LogP contribution in [0.5, 0.6) is 0 Å². The van der Waals surface area contributed by atoms with Crippen LogP contribution >= 0.6 is 0 Å². The minimum atomic E-state index is 0.156. The highest BCUT2D eigenvalue weighted by atomic mass is 15.3. The highest BCUT2D eigenvalue weighted by Gasteiger charge is 2.21. The second-order valence-corrected chi connectivity index (χ2v) is 6.97. The summed E-state index contributed by atoms with van der Waals surface area (Å²) in [6.45, 7) is 9.75. The van der Waals surface area contributed by atoms with Crippen LogP contribution < -0.4 is 5.32 Å². The number of aromatic nitrogens is 2. The summed E-state index contributed by atoms with van der Waals surface area (Å²) >= 11 is 0. The number of nitrogens with zero attached hydrogens (tertiary/aromatic N) is 2. The largest absolute Gasteiger partial charge is 0.306 e. The minimum absolute atomic E-state index is 0.156. The van der Waals surface area contributed by atoms with E-state index in [9.17, 15) is 0 Å². The summed E-state index contributed by atoms with van der Waals surface area (Å²) in [6.07, 6.45) is 8.84. The van der Waals surface area contributed by atoms with Crippen LogP contribution in [-0.2, 0) is 6.54 Å². The SMILES string of the molecule is CCC1CCC(n2ccc(CNC(C)(C)C)n2)CC1. The van der Waals surface area contributed by atoms with Gasteiger partial charge in [0.1, 0.15) is 0 Å². The maximum absolute atomic E-state index is 4.74. The lowest BCUT2D eigenvalue weighted by Gasteiger charge is -2.28. The lowest BCUT2D eigenvalue weighted by Crippen LogP contribution is -2.35. The molecule has 3 heteroatoms. The zero-order valence-corrected chi connectivity index (χ0v) is 12.9. The van der Waals surface area contributed by atoms with E-state index in [1.54, 1.807) is 0 Å². The molecular weight excluding hydrogens is 234 g/mol. The molecule has 3 nitrogen and oxygen atoms in total. The fourth-order valence-electron chi connectivity index (χ4n) is 2.85. The van der Waals surface area contributed by atoms with Crippen molar-refractivity contribution in [1.82, 2.24) is 15.1 Å². The van der Waals surface area contributed by atoms with Crippen LogP contribution in [0.1, 0.15) is 71.5 Å². The van der Waals surface area contributed by atoms with E-state index in [0.717, 1.165) is 18.2 Å². The molecule has 0 radical (unpaired) electrons. The van der Waals surface area contributed by atoms with Crippen molar-refractivity contribution in [1.29, 1.82) is 0 Å². The topological polar surface area (TPSA) is 29.9 Å². The van der Waals surface area contributed by atoms with Crippen LogP contribution in [0.3, 0.4) is 0 Å². The van der Waals surface area contributed by atoms with E-state index < -0.39 is 0 Å². The Morgan fingerprint density at radius 1 is 1.26 bits per heavy atom. The molecule has 1 aromatic heterocycles. The lowest BCUT2D eigenvalue weighted by atomic mass is 9.85. The van der Waals surface area contributed by atoms with Gasteiger partial charge in [-0.05, 0) is 58.4 Å². The van der Waals surface area contributed by atoms with Crippen molar-refractivity contribution in [3.8, 4) is 0 Å². The second-order valence-electron chi connectivity index (χ2n) is 6.97. The van der Waals surface area contributed by atoms with Crippen molar-refractivity contribution in [3.63, 3.8) is 0 Å². The first-order valence-electron chi connectivity index (χ1n) is 7.77. The van der Waals surface area contributed by atoms with Crippen LogP contribution in [0.2, 0.25) is 0 Å². The molecular formula is C16H29N3. The third kappa shape index (κ3) is 4.34. The Balaban J connectivity index is 1.87. The quantitative estimate of drug-likeness (QED) is 0.892. The van der Waals surface area contributed by atoms with E-state index in [0.29, 0.717) is 6.04 Å². The van der Waals surface area contributed by atoms with E-state index in [1.807, 2.05) is 0 Å². The van der Waals surface area contributed by atoms with Gasteiger partial charge in [0.25, 0.3) is 0 Å². The molecule has 0 atom stereocenters. The smallest absolute Gasteiger partial charge is 0.0762 e.